The monoisotopic (exact) mass is 297 g/mol. The number of benzene rings is 1. The van der Waals surface area contributed by atoms with Gasteiger partial charge in [-0.15, -0.1) is 12.4 Å². The number of rotatable bonds is 4. The van der Waals surface area contributed by atoms with Gasteiger partial charge in [0.25, 0.3) is 0 Å². The summed E-state index contributed by atoms with van der Waals surface area (Å²) >= 11 is 0. The molecule has 0 aromatic heterocycles. The largest absolute Gasteiger partial charge is 0.366 e. The Morgan fingerprint density at radius 1 is 1.50 bits per heavy atom. The van der Waals surface area contributed by atoms with Crippen LogP contribution in [-0.4, -0.2) is 29.9 Å². The third kappa shape index (κ3) is 4.47. The molecule has 2 rings (SSSR count). The highest BCUT2D eigenvalue weighted by molar-refractivity contribution is 5.92. The number of hydrogen-bond acceptors (Lipinski definition) is 3. The molecule has 2 unspecified atom stereocenters. The quantitative estimate of drug-likeness (QED) is 0.889. The van der Waals surface area contributed by atoms with Gasteiger partial charge in [-0.1, -0.05) is 12.1 Å². The lowest BCUT2D eigenvalue weighted by molar-refractivity contribution is 0.1000. The lowest BCUT2D eigenvalue weighted by atomic mass is 9.92. The van der Waals surface area contributed by atoms with Crippen LogP contribution in [0.2, 0.25) is 0 Å². The van der Waals surface area contributed by atoms with E-state index in [1.807, 2.05) is 18.2 Å². The van der Waals surface area contributed by atoms with Gasteiger partial charge in [-0.2, -0.15) is 0 Å². The molecule has 112 valence electrons. The number of halogens is 1. The summed E-state index contributed by atoms with van der Waals surface area (Å²) in [5, 5.41) is 0. The summed E-state index contributed by atoms with van der Waals surface area (Å²) in [4.78, 5) is 13.6. The molecular formula is C15H24ClN3O. The Morgan fingerprint density at radius 3 is 2.90 bits per heavy atom. The Labute approximate surface area is 126 Å². The number of carbonyl (C=O) groups is 1. The molecule has 0 bridgehead atoms. The van der Waals surface area contributed by atoms with E-state index in [9.17, 15) is 4.79 Å². The summed E-state index contributed by atoms with van der Waals surface area (Å²) in [6.07, 6.45) is 2.41. The van der Waals surface area contributed by atoms with Gasteiger partial charge in [-0.05, 0) is 49.9 Å². The van der Waals surface area contributed by atoms with Crippen molar-refractivity contribution in [3.05, 3.63) is 35.4 Å². The number of carbonyl (C=O) groups excluding carboxylic acids is 1. The molecule has 0 spiro atoms. The molecule has 1 fully saturated rings. The molecule has 1 saturated heterocycles. The molecule has 4 N–H and O–H groups in total. The van der Waals surface area contributed by atoms with Crippen molar-refractivity contribution in [2.24, 2.45) is 17.4 Å². The van der Waals surface area contributed by atoms with Crippen LogP contribution in [0, 0.1) is 5.92 Å². The smallest absolute Gasteiger partial charge is 0.248 e. The summed E-state index contributed by atoms with van der Waals surface area (Å²) in [6.45, 7) is 5.09. The predicted octanol–water partition coefficient (Wildman–Crippen LogP) is 1.77. The van der Waals surface area contributed by atoms with Crippen LogP contribution in [0.1, 0.15) is 35.7 Å². The van der Waals surface area contributed by atoms with Crippen molar-refractivity contribution in [1.29, 1.82) is 0 Å². The number of likely N-dealkylation sites (tertiary alicyclic amines) is 1. The molecule has 1 aromatic rings. The van der Waals surface area contributed by atoms with Crippen LogP contribution in [0.4, 0.5) is 0 Å². The standard InChI is InChI=1S/C15H23N3O.ClH/c1-11(16)14-6-3-7-18(10-14)9-12-4-2-5-13(8-12)15(17)19;/h2,4-5,8,11,14H,3,6-7,9-10,16H2,1H3,(H2,17,19);1H. The molecule has 5 heteroatoms. The first kappa shape index (κ1) is 17.0. The Balaban J connectivity index is 0.00000200. The third-order valence-electron chi connectivity index (χ3n) is 3.90. The maximum absolute atomic E-state index is 11.2. The molecule has 0 saturated carbocycles. The van der Waals surface area contributed by atoms with Crippen molar-refractivity contribution >= 4 is 18.3 Å². The van der Waals surface area contributed by atoms with Crippen molar-refractivity contribution in [2.75, 3.05) is 13.1 Å². The van der Waals surface area contributed by atoms with Gasteiger partial charge in [-0.3, -0.25) is 9.69 Å². The first-order chi connectivity index (χ1) is 9.06. The van der Waals surface area contributed by atoms with Gasteiger partial charge in [0, 0.05) is 24.7 Å². The van der Waals surface area contributed by atoms with Gasteiger partial charge in [0.15, 0.2) is 0 Å². The fraction of sp³-hybridized carbons (Fsp3) is 0.533. The second kappa shape index (κ2) is 7.62. The fourth-order valence-electron chi connectivity index (χ4n) is 2.75. The predicted molar refractivity (Wildman–Crippen MR) is 83.9 cm³/mol. The highest BCUT2D eigenvalue weighted by Gasteiger charge is 2.22. The summed E-state index contributed by atoms with van der Waals surface area (Å²) in [5.74, 6) is 0.210. The molecular weight excluding hydrogens is 274 g/mol. The van der Waals surface area contributed by atoms with Gasteiger partial charge in [0.2, 0.25) is 5.91 Å². The number of nitrogens with zero attached hydrogens (tertiary/aromatic N) is 1. The SMILES string of the molecule is CC(N)C1CCCN(Cc2cccc(C(N)=O)c2)C1.Cl. The van der Waals surface area contributed by atoms with Crippen LogP contribution in [-0.2, 0) is 6.54 Å². The Bertz CT molecular complexity index is 450. The maximum Gasteiger partial charge on any atom is 0.248 e. The van der Waals surface area contributed by atoms with E-state index in [-0.39, 0.29) is 24.4 Å². The van der Waals surface area contributed by atoms with Gasteiger partial charge < -0.3 is 11.5 Å². The summed E-state index contributed by atoms with van der Waals surface area (Å²) < 4.78 is 0. The Kier molecular flexibility index (Phi) is 6.46. The Morgan fingerprint density at radius 2 is 2.25 bits per heavy atom. The number of primary amides is 1. The fourth-order valence-corrected chi connectivity index (χ4v) is 2.75. The molecule has 2 atom stereocenters. The number of hydrogen-bond donors (Lipinski definition) is 2. The highest BCUT2D eigenvalue weighted by Crippen LogP contribution is 2.20. The second-order valence-electron chi connectivity index (χ2n) is 5.56. The normalized spacial score (nSPS) is 21.0. The van der Waals surface area contributed by atoms with Crippen molar-refractivity contribution in [3.8, 4) is 0 Å². The zero-order chi connectivity index (χ0) is 13.8. The van der Waals surface area contributed by atoms with E-state index in [1.54, 1.807) is 6.07 Å². The lowest BCUT2D eigenvalue weighted by Crippen LogP contribution is -2.41. The van der Waals surface area contributed by atoms with E-state index in [1.165, 1.54) is 12.8 Å². The van der Waals surface area contributed by atoms with E-state index in [0.717, 1.165) is 25.2 Å². The minimum atomic E-state index is -0.367. The van der Waals surface area contributed by atoms with E-state index >= 15 is 0 Å². The summed E-state index contributed by atoms with van der Waals surface area (Å²) in [5.41, 5.74) is 13.0. The van der Waals surface area contributed by atoms with Crippen LogP contribution in [0.15, 0.2) is 24.3 Å². The Hall–Kier alpha value is -1.10. The van der Waals surface area contributed by atoms with Gasteiger partial charge >= 0.3 is 0 Å². The van der Waals surface area contributed by atoms with E-state index < -0.39 is 0 Å². The van der Waals surface area contributed by atoms with E-state index in [0.29, 0.717) is 11.5 Å². The van der Waals surface area contributed by atoms with Crippen LogP contribution in [0.25, 0.3) is 0 Å². The molecule has 1 amide bonds. The maximum atomic E-state index is 11.2. The summed E-state index contributed by atoms with van der Waals surface area (Å²) in [7, 11) is 0. The van der Waals surface area contributed by atoms with Crippen LogP contribution in [0.3, 0.4) is 0 Å². The molecule has 1 aliphatic heterocycles. The zero-order valence-electron chi connectivity index (χ0n) is 11.9. The van der Waals surface area contributed by atoms with Crippen molar-refractivity contribution in [3.63, 3.8) is 0 Å². The zero-order valence-corrected chi connectivity index (χ0v) is 12.7. The van der Waals surface area contributed by atoms with E-state index in [2.05, 4.69) is 11.8 Å². The van der Waals surface area contributed by atoms with Crippen molar-refractivity contribution < 1.29 is 4.79 Å². The molecule has 20 heavy (non-hydrogen) atoms. The number of amides is 1. The third-order valence-corrected chi connectivity index (χ3v) is 3.90. The van der Waals surface area contributed by atoms with Gasteiger partial charge in [-0.25, -0.2) is 0 Å². The first-order valence-corrected chi connectivity index (χ1v) is 6.93. The minimum Gasteiger partial charge on any atom is -0.366 e. The molecule has 1 aliphatic rings. The van der Waals surface area contributed by atoms with Crippen molar-refractivity contribution in [1.82, 2.24) is 4.90 Å². The lowest BCUT2D eigenvalue weighted by Gasteiger charge is -2.34. The molecule has 1 heterocycles. The summed E-state index contributed by atoms with van der Waals surface area (Å²) in [6, 6.07) is 7.83. The van der Waals surface area contributed by atoms with Gasteiger partial charge in [0.05, 0.1) is 0 Å². The number of piperidine rings is 1. The van der Waals surface area contributed by atoms with Crippen LogP contribution < -0.4 is 11.5 Å². The topological polar surface area (TPSA) is 72.3 Å². The molecule has 1 aromatic carbocycles. The number of nitrogens with two attached hydrogens (primary N) is 2. The first-order valence-electron chi connectivity index (χ1n) is 6.93. The average molecular weight is 298 g/mol. The minimum absolute atomic E-state index is 0. The van der Waals surface area contributed by atoms with Crippen LogP contribution >= 0.6 is 12.4 Å². The molecule has 0 radical (unpaired) electrons. The average Bonchev–Trinajstić information content (AvgIpc) is 2.39. The molecule has 0 aliphatic carbocycles. The highest BCUT2D eigenvalue weighted by atomic mass is 35.5. The van der Waals surface area contributed by atoms with E-state index in [4.69, 9.17) is 11.5 Å². The second-order valence-corrected chi connectivity index (χ2v) is 5.56. The molecule has 4 nitrogen and oxygen atoms in total. The van der Waals surface area contributed by atoms with Crippen molar-refractivity contribution in [2.45, 2.75) is 32.4 Å². The van der Waals surface area contributed by atoms with Gasteiger partial charge in [0.1, 0.15) is 0 Å². The van der Waals surface area contributed by atoms with Crippen LogP contribution in [0.5, 0.6) is 0 Å².